The topological polar surface area (TPSA) is 78.4 Å². The van der Waals surface area contributed by atoms with Gasteiger partial charge >= 0.3 is 11.8 Å². The molecule has 126 valence electrons. The summed E-state index contributed by atoms with van der Waals surface area (Å²) in [6.07, 6.45) is 0. The van der Waals surface area contributed by atoms with Crippen LogP contribution in [0.4, 0.5) is 18.9 Å². The van der Waals surface area contributed by atoms with Crippen LogP contribution in [0.5, 0.6) is 0 Å². The molecule has 0 aliphatic rings. The fraction of sp³-hybridized carbons (Fsp3) is 0.125. The maximum atomic E-state index is 13.1. The van der Waals surface area contributed by atoms with Crippen LogP contribution in [0.1, 0.15) is 11.1 Å². The van der Waals surface area contributed by atoms with E-state index in [2.05, 4.69) is 5.32 Å². The third kappa shape index (κ3) is 4.11. The first-order chi connectivity index (χ1) is 11.4. The Labute approximate surface area is 135 Å². The minimum absolute atomic E-state index is 0.0187. The van der Waals surface area contributed by atoms with Gasteiger partial charge in [0.2, 0.25) is 0 Å². The molecule has 0 saturated heterocycles. The number of nitrogens with one attached hydrogen (secondary N) is 2. The summed E-state index contributed by atoms with van der Waals surface area (Å²) in [6, 6.07) is 7.85. The maximum absolute atomic E-state index is 13.1. The highest BCUT2D eigenvalue weighted by Gasteiger charge is 2.17. The highest BCUT2D eigenvalue weighted by atomic mass is 19.2. The van der Waals surface area contributed by atoms with E-state index in [0.29, 0.717) is 23.3 Å². The average Bonchev–Trinajstić information content (AvgIpc) is 2.57. The largest absolute Gasteiger partial charge is 0.392 e. The van der Waals surface area contributed by atoms with Crippen LogP contribution < -0.4 is 10.6 Å². The summed E-state index contributed by atoms with van der Waals surface area (Å²) >= 11 is 0. The molecule has 8 heteroatoms. The van der Waals surface area contributed by atoms with Crippen molar-refractivity contribution in [3.05, 3.63) is 65.0 Å². The van der Waals surface area contributed by atoms with Crippen molar-refractivity contribution in [3.63, 3.8) is 0 Å². The standard InChI is InChI=1S/C16H13F3N2O3/c17-12-5-11(6-13(18)14(12)19)21-16(24)15(23)20-7-9-3-1-2-4-10(9)8-22/h1-6,22H,7-8H2,(H,20,23)(H,21,24). The Balaban J connectivity index is 1.99. The number of aliphatic hydroxyl groups is 1. The molecule has 0 radical (unpaired) electrons. The van der Waals surface area contributed by atoms with Crippen molar-refractivity contribution in [1.29, 1.82) is 0 Å². The third-order valence-corrected chi connectivity index (χ3v) is 3.18. The summed E-state index contributed by atoms with van der Waals surface area (Å²) in [5.74, 6) is -6.85. The molecule has 2 aromatic carbocycles. The van der Waals surface area contributed by atoms with Crippen LogP contribution in [-0.4, -0.2) is 16.9 Å². The Morgan fingerprint density at radius 3 is 2.12 bits per heavy atom. The van der Waals surface area contributed by atoms with Crippen molar-refractivity contribution < 1.29 is 27.9 Å². The van der Waals surface area contributed by atoms with E-state index in [1.807, 2.05) is 5.32 Å². The Hall–Kier alpha value is -2.87. The van der Waals surface area contributed by atoms with Gasteiger partial charge < -0.3 is 15.7 Å². The summed E-state index contributed by atoms with van der Waals surface area (Å²) in [5.41, 5.74) is 0.809. The van der Waals surface area contributed by atoms with Crippen molar-refractivity contribution in [2.75, 3.05) is 5.32 Å². The molecule has 0 spiro atoms. The molecule has 24 heavy (non-hydrogen) atoms. The molecule has 0 saturated carbocycles. The molecule has 0 heterocycles. The molecule has 5 nitrogen and oxygen atoms in total. The van der Waals surface area contributed by atoms with Gasteiger partial charge in [-0.05, 0) is 11.1 Å². The first-order valence-corrected chi connectivity index (χ1v) is 6.83. The smallest absolute Gasteiger partial charge is 0.313 e. The van der Waals surface area contributed by atoms with E-state index in [0.717, 1.165) is 0 Å². The average molecular weight is 338 g/mol. The highest BCUT2D eigenvalue weighted by molar-refractivity contribution is 6.39. The van der Waals surface area contributed by atoms with Gasteiger partial charge in [0.25, 0.3) is 0 Å². The van der Waals surface area contributed by atoms with Crippen LogP contribution in [0.25, 0.3) is 0 Å². The predicted molar refractivity (Wildman–Crippen MR) is 79.2 cm³/mol. The summed E-state index contributed by atoms with van der Waals surface area (Å²) in [6.45, 7) is -0.249. The maximum Gasteiger partial charge on any atom is 0.313 e. The molecule has 0 aromatic heterocycles. The second-order valence-electron chi connectivity index (χ2n) is 4.82. The van der Waals surface area contributed by atoms with Gasteiger partial charge in [-0.2, -0.15) is 0 Å². The molecule has 0 unspecified atom stereocenters. The van der Waals surface area contributed by atoms with Gasteiger partial charge in [-0.25, -0.2) is 13.2 Å². The molecule has 0 aliphatic carbocycles. The number of hydrogen-bond donors (Lipinski definition) is 3. The van der Waals surface area contributed by atoms with Gasteiger partial charge in [-0.15, -0.1) is 0 Å². The highest BCUT2D eigenvalue weighted by Crippen LogP contribution is 2.17. The lowest BCUT2D eigenvalue weighted by Gasteiger charge is -2.09. The fourth-order valence-corrected chi connectivity index (χ4v) is 1.96. The molecule has 0 atom stereocenters. The van der Waals surface area contributed by atoms with Crippen molar-refractivity contribution in [2.24, 2.45) is 0 Å². The Kier molecular flexibility index (Phi) is 5.54. The summed E-state index contributed by atoms with van der Waals surface area (Å²) in [5, 5.41) is 13.4. The number of halogens is 3. The van der Waals surface area contributed by atoms with E-state index in [4.69, 9.17) is 5.11 Å². The summed E-state index contributed by atoms with van der Waals surface area (Å²) in [4.78, 5) is 23.4. The van der Waals surface area contributed by atoms with Crippen LogP contribution in [0.3, 0.4) is 0 Å². The minimum atomic E-state index is -1.67. The molecule has 2 amide bonds. The van der Waals surface area contributed by atoms with Gasteiger partial charge in [0.05, 0.1) is 6.61 Å². The molecular weight excluding hydrogens is 325 g/mol. The van der Waals surface area contributed by atoms with Crippen molar-refractivity contribution >= 4 is 17.5 Å². The summed E-state index contributed by atoms with van der Waals surface area (Å²) < 4.78 is 38.9. The van der Waals surface area contributed by atoms with Gasteiger partial charge in [0, 0.05) is 24.4 Å². The van der Waals surface area contributed by atoms with Crippen molar-refractivity contribution in [2.45, 2.75) is 13.2 Å². The first kappa shape index (κ1) is 17.5. The predicted octanol–water partition coefficient (Wildman–Crippen LogP) is 1.85. The number of amides is 2. The van der Waals surface area contributed by atoms with Crippen LogP contribution in [-0.2, 0) is 22.7 Å². The molecule has 0 bridgehead atoms. The van der Waals surface area contributed by atoms with Crippen molar-refractivity contribution in [1.82, 2.24) is 5.32 Å². The second kappa shape index (κ2) is 7.60. The van der Waals surface area contributed by atoms with E-state index in [-0.39, 0.29) is 18.8 Å². The van der Waals surface area contributed by atoms with Crippen molar-refractivity contribution in [3.8, 4) is 0 Å². The van der Waals surface area contributed by atoms with Crippen LogP contribution in [0.15, 0.2) is 36.4 Å². The number of hydrogen-bond acceptors (Lipinski definition) is 3. The van der Waals surface area contributed by atoms with Crippen LogP contribution in [0, 0.1) is 17.5 Å². The molecule has 0 aliphatic heterocycles. The Morgan fingerprint density at radius 1 is 0.958 bits per heavy atom. The summed E-state index contributed by atoms with van der Waals surface area (Å²) in [7, 11) is 0. The zero-order valence-corrected chi connectivity index (χ0v) is 12.3. The second-order valence-corrected chi connectivity index (χ2v) is 4.82. The van der Waals surface area contributed by atoms with E-state index in [1.165, 1.54) is 0 Å². The minimum Gasteiger partial charge on any atom is -0.392 e. The molecule has 0 fully saturated rings. The number of benzene rings is 2. The van der Waals surface area contributed by atoms with Crippen LogP contribution in [0.2, 0.25) is 0 Å². The molecule has 2 rings (SSSR count). The lowest BCUT2D eigenvalue weighted by Crippen LogP contribution is -2.35. The SMILES string of the molecule is O=C(NCc1ccccc1CO)C(=O)Nc1cc(F)c(F)c(F)c1. The zero-order valence-electron chi connectivity index (χ0n) is 12.3. The normalized spacial score (nSPS) is 10.3. The van der Waals surface area contributed by atoms with E-state index < -0.39 is 29.3 Å². The van der Waals surface area contributed by atoms with E-state index >= 15 is 0 Å². The Bertz CT molecular complexity index is 758. The number of carbonyl (C=O) groups excluding carboxylic acids is 2. The quantitative estimate of drug-likeness (QED) is 0.588. The molecule has 2 aromatic rings. The first-order valence-electron chi connectivity index (χ1n) is 6.83. The number of rotatable bonds is 4. The number of carbonyl (C=O) groups is 2. The number of aliphatic hydroxyl groups excluding tert-OH is 1. The zero-order chi connectivity index (χ0) is 17.7. The fourth-order valence-electron chi connectivity index (χ4n) is 1.96. The monoisotopic (exact) mass is 338 g/mol. The number of anilines is 1. The van der Waals surface area contributed by atoms with Crippen LogP contribution >= 0.6 is 0 Å². The lowest BCUT2D eigenvalue weighted by atomic mass is 10.1. The lowest BCUT2D eigenvalue weighted by molar-refractivity contribution is -0.136. The van der Waals surface area contributed by atoms with Gasteiger partial charge in [-0.3, -0.25) is 9.59 Å². The molecule has 3 N–H and O–H groups in total. The Morgan fingerprint density at radius 2 is 1.54 bits per heavy atom. The molecular formula is C16H13F3N2O3. The van der Waals surface area contributed by atoms with E-state index in [1.54, 1.807) is 24.3 Å². The van der Waals surface area contributed by atoms with Gasteiger partial charge in [-0.1, -0.05) is 24.3 Å². The van der Waals surface area contributed by atoms with Gasteiger partial charge in [0.15, 0.2) is 17.5 Å². The van der Waals surface area contributed by atoms with Gasteiger partial charge in [0.1, 0.15) is 0 Å². The van der Waals surface area contributed by atoms with E-state index in [9.17, 15) is 22.8 Å². The third-order valence-electron chi connectivity index (χ3n) is 3.18.